The molecule has 4 heteroatoms. The molecule has 0 unspecified atom stereocenters. The molecule has 110 valence electrons. The fourth-order valence-electron chi connectivity index (χ4n) is 2.57. The first-order chi connectivity index (χ1) is 9.39. The number of carbonyl (C=O) groups excluding carboxylic acids is 1. The van der Waals surface area contributed by atoms with Gasteiger partial charge in [-0.25, -0.2) is 4.79 Å². The van der Waals surface area contributed by atoms with Gasteiger partial charge in [-0.1, -0.05) is 18.2 Å². The van der Waals surface area contributed by atoms with E-state index in [-0.39, 0.29) is 18.7 Å². The van der Waals surface area contributed by atoms with Crippen molar-refractivity contribution in [3.05, 3.63) is 34.9 Å². The fourth-order valence-corrected chi connectivity index (χ4v) is 2.57. The van der Waals surface area contributed by atoms with Gasteiger partial charge in [0.15, 0.2) is 0 Å². The third-order valence-corrected chi connectivity index (χ3v) is 3.40. The van der Waals surface area contributed by atoms with Gasteiger partial charge in [0.1, 0.15) is 5.60 Å². The van der Waals surface area contributed by atoms with E-state index in [0.717, 1.165) is 30.4 Å². The number of ether oxygens (including phenoxy) is 1. The van der Waals surface area contributed by atoms with Crippen LogP contribution in [-0.2, 0) is 17.8 Å². The predicted octanol–water partition coefficient (Wildman–Crippen LogP) is 3.08. The molecule has 1 aromatic rings. The summed E-state index contributed by atoms with van der Waals surface area (Å²) in [5.41, 5.74) is 2.78. The van der Waals surface area contributed by atoms with Crippen LogP contribution < -0.4 is 5.32 Å². The maximum atomic E-state index is 11.9. The number of aryl methyl sites for hydroxylation is 1. The Hall–Kier alpha value is -1.55. The standard InChI is InChI=1S/C16H23NO3/c1-16(2,3)20-15(19)17-14-6-4-5-12-9-11(10-18)7-8-13(12)14/h7-9,14,18H,4-6,10H2,1-3H3,(H,17,19)/t14-/m0/s1. The third-order valence-electron chi connectivity index (χ3n) is 3.40. The maximum Gasteiger partial charge on any atom is 0.408 e. The monoisotopic (exact) mass is 277 g/mol. The van der Waals surface area contributed by atoms with Crippen LogP contribution in [0.15, 0.2) is 18.2 Å². The van der Waals surface area contributed by atoms with Crippen molar-refractivity contribution in [3.8, 4) is 0 Å². The number of hydrogen-bond donors (Lipinski definition) is 2. The first-order valence-electron chi connectivity index (χ1n) is 7.11. The highest BCUT2D eigenvalue weighted by atomic mass is 16.6. The number of nitrogens with one attached hydrogen (secondary N) is 1. The second-order valence-corrected chi connectivity index (χ2v) is 6.28. The minimum Gasteiger partial charge on any atom is -0.444 e. The number of alkyl carbamates (subject to hydrolysis) is 1. The SMILES string of the molecule is CC(C)(C)OC(=O)N[C@H]1CCCc2cc(CO)ccc21. The summed E-state index contributed by atoms with van der Waals surface area (Å²) in [5.74, 6) is 0. The van der Waals surface area contributed by atoms with Gasteiger partial charge in [0.05, 0.1) is 12.6 Å². The van der Waals surface area contributed by atoms with Crippen LogP contribution in [0.4, 0.5) is 4.79 Å². The molecule has 1 aliphatic rings. The van der Waals surface area contributed by atoms with E-state index in [0.29, 0.717) is 0 Å². The van der Waals surface area contributed by atoms with Gasteiger partial charge in [-0.15, -0.1) is 0 Å². The summed E-state index contributed by atoms with van der Waals surface area (Å²) >= 11 is 0. The molecule has 1 aliphatic carbocycles. The Balaban J connectivity index is 2.10. The molecule has 0 fully saturated rings. The molecule has 0 heterocycles. The van der Waals surface area contributed by atoms with Crippen molar-refractivity contribution in [1.29, 1.82) is 0 Å². The van der Waals surface area contributed by atoms with E-state index in [4.69, 9.17) is 4.74 Å². The lowest BCUT2D eigenvalue weighted by atomic mass is 9.87. The second kappa shape index (κ2) is 5.83. The number of aliphatic hydroxyl groups excluding tert-OH is 1. The first kappa shape index (κ1) is 14.9. The normalized spacial score (nSPS) is 18.3. The molecular weight excluding hydrogens is 254 g/mol. The lowest BCUT2D eigenvalue weighted by Gasteiger charge is -2.28. The molecule has 1 aromatic carbocycles. The number of amides is 1. The molecule has 0 radical (unpaired) electrons. The van der Waals surface area contributed by atoms with Gasteiger partial charge >= 0.3 is 6.09 Å². The van der Waals surface area contributed by atoms with Crippen LogP contribution in [-0.4, -0.2) is 16.8 Å². The van der Waals surface area contributed by atoms with E-state index in [1.807, 2.05) is 39.0 Å². The van der Waals surface area contributed by atoms with Crippen LogP contribution in [0.25, 0.3) is 0 Å². The van der Waals surface area contributed by atoms with E-state index in [1.54, 1.807) is 0 Å². The number of aliphatic hydroxyl groups is 1. The van der Waals surface area contributed by atoms with Crippen LogP contribution in [0.1, 0.15) is 56.3 Å². The van der Waals surface area contributed by atoms with Gasteiger partial charge in [-0.2, -0.15) is 0 Å². The summed E-state index contributed by atoms with van der Waals surface area (Å²) in [5, 5.41) is 12.1. The predicted molar refractivity (Wildman–Crippen MR) is 77.4 cm³/mol. The Morgan fingerprint density at radius 2 is 2.20 bits per heavy atom. The van der Waals surface area contributed by atoms with Gasteiger partial charge in [0, 0.05) is 0 Å². The zero-order valence-electron chi connectivity index (χ0n) is 12.4. The largest absolute Gasteiger partial charge is 0.444 e. The van der Waals surface area contributed by atoms with Gasteiger partial charge in [-0.3, -0.25) is 0 Å². The van der Waals surface area contributed by atoms with Crippen LogP contribution >= 0.6 is 0 Å². The Morgan fingerprint density at radius 1 is 1.45 bits per heavy atom. The average molecular weight is 277 g/mol. The van der Waals surface area contributed by atoms with Gasteiger partial charge in [0.2, 0.25) is 0 Å². The highest BCUT2D eigenvalue weighted by Crippen LogP contribution is 2.30. The zero-order chi connectivity index (χ0) is 14.8. The Labute approximate surface area is 120 Å². The van der Waals surface area contributed by atoms with E-state index in [1.165, 1.54) is 5.56 Å². The van der Waals surface area contributed by atoms with Gasteiger partial charge < -0.3 is 15.2 Å². The number of rotatable bonds is 2. The van der Waals surface area contributed by atoms with Crippen LogP contribution in [0.2, 0.25) is 0 Å². The molecule has 2 N–H and O–H groups in total. The Bertz CT molecular complexity index is 491. The van der Waals surface area contributed by atoms with Crippen molar-refractivity contribution in [1.82, 2.24) is 5.32 Å². The summed E-state index contributed by atoms with van der Waals surface area (Å²) < 4.78 is 5.31. The molecule has 0 spiro atoms. The quantitative estimate of drug-likeness (QED) is 0.873. The summed E-state index contributed by atoms with van der Waals surface area (Å²) in [6.07, 6.45) is 2.57. The summed E-state index contributed by atoms with van der Waals surface area (Å²) in [6, 6.07) is 5.94. The van der Waals surface area contributed by atoms with Crippen molar-refractivity contribution in [2.45, 2.75) is 58.3 Å². The van der Waals surface area contributed by atoms with Crippen molar-refractivity contribution in [2.75, 3.05) is 0 Å². The maximum absolute atomic E-state index is 11.9. The number of hydrogen-bond acceptors (Lipinski definition) is 3. The van der Waals surface area contributed by atoms with Crippen molar-refractivity contribution in [2.24, 2.45) is 0 Å². The molecule has 0 saturated heterocycles. The lowest BCUT2D eigenvalue weighted by molar-refractivity contribution is 0.0498. The van der Waals surface area contributed by atoms with Crippen molar-refractivity contribution < 1.29 is 14.6 Å². The molecule has 0 aliphatic heterocycles. The Morgan fingerprint density at radius 3 is 2.85 bits per heavy atom. The molecule has 0 aromatic heterocycles. The molecular formula is C16H23NO3. The van der Waals surface area contributed by atoms with Crippen molar-refractivity contribution >= 4 is 6.09 Å². The van der Waals surface area contributed by atoms with Crippen LogP contribution in [0.5, 0.6) is 0 Å². The minimum atomic E-state index is -0.484. The van der Waals surface area contributed by atoms with E-state index >= 15 is 0 Å². The Kier molecular flexibility index (Phi) is 4.33. The molecule has 0 bridgehead atoms. The fraction of sp³-hybridized carbons (Fsp3) is 0.562. The smallest absolute Gasteiger partial charge is 0.408 e. The molecule has 20 heavy (non-hydrogen) atoms. The third kappa shape index (κ3) is 3.73. The summed E-state index contributed by atoms with van der Waals surface area (Å²) in [4.78, 5) is 11.9. The van der Waals surface area contributed by atoms with E-state index in [9.17, 15) is 9.90 Å². The lowest BCUT2D eigenvalue weighted by Crippen LogP contribution is -2.36. The molecule has 1 amide bonds. The number of carbonyl (C=O) groups is 1. The molecule has 1 atom stereocenters. The van der Waals surface area contributed by atoms with Gasteiger partial charge in [-0.05, 0) is 56.7 Å². The first-order valence-corrected chi connectivity index (χ1v) is 7.11. The summed E-state index contributed by atoms with van der Waals surface area (Å²) in [7, 11) is 0. The number of benzene rings is 1. The second-order valence-electron chi connectivity index (χ2n) is 6.28. The van der Waals surface area contributed by atoms with E-state index in [2.05, 4.69) is 5.32 Å². The van der Waals surface area contributed by atoms with Gasteiger partial charge in [0.25, 0.3) is 0 Å². The minimum absolute atomic E-state index is 0.00124. The summed E-state index contributed by atoms with van der Waals surface area (Å²) in [6.45, 7) is 5.62. The highest BCUT2D eigenvalue weighted by molar-refractivity contribution is 5.68. The van der Waals surface area contributed by atoms with E-state index < -0.39 is 5.60 Å². The van der Waals surface area contributed by atoms with Crippen LogP contribution in [0, 0.1) is 0 Å². The zero-order valence-corrected chi connectivity index (χ0v) is 12.4. The number of fused-ring (bicyclic) bond motifs is 1. The molecule has 2 rings (SSSR count). The molecule has 0 saturated carbocycles. The average Bonchev–Trinajstić information content (AvgIpc) is 2.36. The topological polar surface area (TPSA) is 58.6 Å². The highest BCUT2D eigenvalue weighted by Gasteiger charge is 2.24. The molecule has 4 nitrogen and oxygen atoms in total. The van der Waals surface area contributed by atoms with Crippen molar-refractivity contribution in [3.63, 3.8) is 0 Å². The van der Waals surface area contributed by atoms with Crippen LogP contribution in [0.3, 0.4) is 0 Å².